The molecule has 8 heteroatoms. The van der Waals surface area contributed by atoms with Crippen molar-refractivity contribution < 1.29 is 39.6 Å². The third-order valence-electron chi connectivity index (χ3n) is 1.91. The standard InChI is InChI=1S/C8H10O8/c9-5(10)1-3(7(13)14)4(8(15)16)2-6(11)12/h3-4H,1-2H2,(H,9,10)(H,11,12)(H,13,14)(H,15,16)/t3-,4-/m1/s1. The fraction of sp³-hybridized carbons (Fsp3) is 0.500. The summed E-state index contributed by atoms with van der Waals surface area (Å²) in [5, 5.41) is 34.1. The molecule has 0 aliphatic carbocycles. The number of carboxylic acid groups (broad SMARTS) is 4. The van der Waals surface area contributed by atoms with Crippen LogP contribution in [-0.2, 0) is 19.2 Å². The lowest BCUT2D eigenvalue weighted by Gasteiger charge is -2.16. The minimum absolute atomic E-state index is 0.931. The van der Waals surface area contributed by atoms with Crippen LogP contribution in [-0.4, -0.2) is 44.3 Å². The van der Waals surface area contributed by atoms with Crippen molar-refractivity contribution in [2.24, 2.45) is 11.8 Å². The van der Waals surface area contributed by atoms with Gasteiger partial charge < -0.3 is 20.4 Å². The number of carboxylic acids is 4. The smallest absolute Gasteiger partial charge is 0.307 e. The number of aliphatic carboxylic acids is 4. The summed E-state index contributed by atoms with van der Waals surface area (Å²) in [4.78, 5) is 41.9. The first-order valence-electron chi connectivity index (χ1n) is 4.15. The topological polar surface area (TPSA) is 149 Å². The molecule has 0 aromatic rings. The summed E-state index contributed by atoms with van der Waals surface area (Å²) in [6.45, 7) is 0. The molecular formula is C8H10O8. The second-order valence-corrected chi connectivity index (χ2v) is 3.09. The van der Waals surface area contributed by atoms with Crippen molar-refractivity contribution in [3.63, 3.8) is 0 Å². The first kappa shape index (κ1) is 13.9. The van der Waals surface area contributed by atoms with Crippen LogP contribution in [0.1, 0.15) is 12.8 Å². The number of hydrogen-bond acceptors (Lipinski definition) is 4. The highest BCUT2D eigenvalue weighted by molar-refractivity contribution is 5.86. The van der Waals surface area contributed by atoms with E-state index in [4.69, 9.17) is 20.4 Å². The quantitative estimate of drug-likeness (QED) is 0.453. The highest BCUT2D eigenvalue weighted by Crippen LogP contribution is 2.20. The summed E-state index contributed by atoms with van der Waals surface area (Å²) in [5.74, 6) is -9.79. The van der Waals surface area contributed by atoms with Crippen LogP contribution in [0.25, 0.3) is 0 Å². The fourth-order valence-electron chi connectivity index (χ4n) is 1.18. The van der Waals surface area contributed by atoms with E-state index in [0.29, 0.717) is 0 Å². The Hall–Kier alpha value is -2.12. The molecule has 0 aromatic heterocycles. The number of carbonyl (C=O) groups is 4. The van der Waals surface area contributed by atoms with Gasteiger partial charge in [-0.3, -0.25) is 19.2 Å². The highest BCUT2D eigenvalue weighted by atomic mass is 16.4. The lowest BCUT2D eigenvalue weighted by Crippen LogP contribution is -2.33. The lowest BCUT2D eigenvalue weighted by atomic mass is 9.87. The van der Waals surface area contributed by atoms with Gasteiger partial charge in [-0.15, -0.1) is 0 Å². The van der Waals surface area contributed by atoms with Gasteiger partial charge in [-0.2, -0.15) is 0 Å². The molecule has 0 saturated heterocycles. The monoisotopic (exact) mass is 234 g/mol. The van der Waals surface area contributed by atoms with Gasteiger partial charge in [0, 0.05) is 0 Å². The van der Waals surface area contributed by atoms with E-state index >= 15 is 0 Å². The van der Waals surface area contributed by atoms with E-state index in [1.807, 2.05) is 0 Å². The Morgan fingerprint density at radius 3 is 1.06 bits per heavy atom. The average molecular weight is 234 g/mol. The van der Waals surface area contributed by atoms with Crippen LogP contribution in [0, 0.1) is 11.8 Å². The van der Waals surface area contributed by atoms with E-state index < -0.39 is 48.6 Å². The Morgan fingerprint density at radius 1 is 0.688 bits per heavy atom. The van der Waals surface area contributed by atoms with Gasteiger partial charge in [0.25, 0.3) is 0 Å². The van der Waals surface area contributed by atoms with Crippen LogP contribution >= 0.6 is 0 Å². The predicted octanol–water partition coefficient (Wildman–Crippen LogP) is -0.663. The zero-order valence-corrected chi connectivity index (χ0v) is 7.99. The summed E-state index contributed by atoms with van der Waals surface area (Å²) in [6.07, 6.45) is -1.86. The Balaban J connectivity index is 4.93. The van der Waals surface area contributed by atoms with Crippen molar-refractivity contribution in [1.82, 2.24) is 0 Å². The minimum Gasteiger partial charge on any atom is -0.481 e. The second kappa shape index (κ2) is 5.69. The van der Waals surface area contributed by atoms with Gasteiger partial charge in [0.1, 0.15) is 0 Å². The highest BCUT2D eigenvalue weighted by Gasteiger charge is 2.36. The maximum atomic E-state index is 10.6. The zero-order valence-electron chi connectivity index (χ0n) is 7.99. The molecule has 0 fully saturated rings. The molecular weight excluding hydrogens is 224 g/mol. The molecule has 0 aliphatic heterocycles. The van der Waals surface area contributed by atoms with E-state index in [9.17, 15) is 19.2 Å². The minimum atomic E-state index is -1.76. The summed E-state index contributed by atoms with van der Waals surface area (Å²) < 4.78 is 0. The van der Waals surface area contributed by atoms with Crippen molar-refractivity contribution in [3.05, 3.63) is 0 Å². The average Bonchev–Trinajstić information content (AvgIpc) is 2.09. The molecule has 0 saturated carbocycles. The molecule has 0 aromatic carbocycles. The van der Waals surface area contributed by atoms with E-state index in [1.54, 1.807) is 0 Å². The van der Waals surface area contributed by atoms with Crippen molar-refractivity contribution in [3.8, 4) is 0 Å². The molecule has 0 heterocycles. The van der Waals surface area contributed by atoms with Crippen LogP contribution in [0.2, 0.25) is 0 Å². The van der Waals surface area contributed by atoms with Gasteiger partial charge in [-0.25, -0.2) is 0 Å². The Labute approximate surface area is 89.1 Å². The van der Waals surface area contributed by atoms with Crippen molar-refractivity contribution in [2.75, 3.05) is 0 Å². The molecule has 8 nitrogen and oxygen atoms in total. The number of rotatable bonds is 7. The third kappa shape index (κ3) is 4.40. The fourth-order valence-corrected chi connectivity index (χ4v) is 1.18. The van der Waals surface area contributed by atoms with E-state index in [0.717, 1.165) is 0 Å². The zero-order chi connectivity index (χ0) is 12.9. The largest absolute Gasteiger partial charge is 0.481 e. The molecule has 0 amide bonds. The van der Waals surface area contributed by atoms with Gasteiger partial charge in [0.15, 0.2) is 0 Å². The third-order valence-corrected chi connectivity index (χ3v) is 1.91. The predicted molar refractivity (Wildman–Crippen MR) is 46.8 cm³/mol. The van der Waals surface area contributed by atoms with E-state index in [-0.39, 0.29) is 0 Å². The van der Waals surface area contributed by atoms with Crippen molar-refractivity contribution in [2.45, 2.75) is 12.8 Å². The molecule has 0 aliphatic rings. The summed E-state index contributed by atoms with van der Waals surface area (Å²) in [7, 11) is 0. The van der Waals surface area contributed by atoms with Gasteiger partial charge in [-0.1, -0.05) is 0 Å². The number of hydrogen-bond donors (Lipinski definition) is 4. The Kier molecular flexibility index (Phi) is 4.93. The Bertz CT molecular complexity index is 288. The molecule has 0 radical (unpaired) electrons. The summed E-state index contributed by atoms with van der Waals surface area (Å²) >= 11 is 0. The molecule has 16 heavy (non-hydrogen) atoms. The van der Waals surface area contributed by atoms with Crippen LogP contribution < -0.4 is 0 Å². The van der Waals surface area contributed by atoms with Crippen LogP contribution in [0.15, 0.2) is 0 Å². The molecule has 4 N–H and O–H groups in total. The van der Waals surface area contributed by atoms with Crippen LogP contribution in [0.4, 0.5) is 0 Å². The van der Waals surface area contributed by atoms with Crippen LogP contribution in [0.3, 0.4) is 0 Å². The maximum Gasteiger partial charge on any atom is 0.307 e. The first-order valence-corrected chi connectivity index (χ1v) is 4.15. The summed E-state index contributed by atoms with van der Waals surface area (Å²) in [6, 6.07) is 0. The first-order chi connectivity index (χ1) is 7.25. The molecule has 0 spiro atoms. The van der Waals surface area contributed by atoms with Crippen molar-refractivity contribution >= 4 is 23.9 Å². The van der Waals surface area contributed by atoms with Crippen molar-refractivity contribution in [1.29, 1.82) is 0 Å². The molecule has 0 unspecified atom stereocenters. The molecule has 0 rings (SSSR count). The van der Waals surface area contributed by atoms with Crippen LogP contribution in [0.5, 0.6) is 0 Å². The second-order valence-electron chi connectivity index (χ2n) is 3.09. The van der Waals surface area contributed by atoms with Gasteiger partial charge >= 0.3 is 23.9 Å². The normalized spacial score (nSPS) is 13.8. The van der Waals surface area contributed by atoms with Gasteiger partial charge in [0.05, 0.1) is 24.7 Å². The molecule has 90 valence electrons. The summed E-state index contributed by atoms with van der Waals surface area (Å²) in [5.41, 5.74) is 0. The van der Waals surface area contributed by atoms with E-state index in [1.165, 1.54) is 0 Å². The maximum absolute atomic E-state index is 10.6. The SMILES string of the molecule is O=C(O)C[C@@H](C(=O)O)[C@@H](CC(=O)O)C(=O)O. The van der Waals surface area contributed by atoms with Gasteiger partial charge in [0.2, 0.25) is 0 Å². The molecule has 0 bridgehead atoms. The Morgan fingerprint density at radius 2 is 0.938 bits per heavy atom. The lowest BCUT2D eigenvalue weighted by molar-refractivity contribution is -0.160. The van der Waals surface area contributed by atoms with Gasteiger partial charge in [-0.05, 0) is 0 Å². The molecule has 2 atom stereocenters. The van der Waals surface area contributed by atoms with E-state index in [2.05, 4.69) is 0 Å².